The second-order valence-corrected chi connectivity index (χ2v) is 6.58. The van der Waals surface area contributed by atoms with Crippen LogP contribution in [0.3, 0.4) is 0 Å². The number of hydrogen-bond donors (Lipinski definition) is 1. The Morgan fingerprint density at radius 3 is 2.74 bits per heavy atom. The number of nitrogens with one attached hydrogen (secondary N) is 1. The van der Waals surface area contributed by atoms with Crippen molar-refractivity contribution in [2.45, 2.75) is 31.9 Å². The molecular weight excluding hydrogens is 286 g/mol. The summed E-state index contributed by atoms with van der Waals surface area (Å²) < 4.78 is 11.6. The van der Waals surface area contributed by atoms with Crippen LogP contribution in [0.5, 0.6) is 5.75 Å². The number of rotatable bonds is 2. The first-order valence-corrected chi connectivity index (χ1v) is 8.39. The van der Waals surface area contributed by atoms with Gasteiger partial charge in [-0.2, -0.15) is 0 Å². The lowest BCUT2D eigenvalue weighted by atomic mass is 9.77. The maximum Gasteiger partial charge on any atom is 0.119 e. The molecule has 0 radical (unpaired) electrons. The van der Waals surface area contributed by atoms with E-state index in [0.717, 1.165) is 18.8 Å². The molecule has 2 aromatic rings. The summed E-state index contributed by atoms with van der Waals surface area (Å²) in [4.78, 5) is 0. The Morgan fingerprint density at radius 1 is 1.13 bits per heavy atom. The van der Waals surface area contributed by atoms with Crippen LogP contribution >= 0.6 is 0 Å². The summed E-state index contributed by atoms with van der Waals surface area (Å²) >= 11 is 0. The molecular formula is C20H23NO2. The number of ether oxygens (including phenoxy) is 2. The van der Waals surface area contributed by atoms with Gasteiger partial charge in [0.05, 0.1) is 19.3 Å². The molecule has 120 valence electrons. The van der Waals surface area contributed by atoms with Gasteiger partial charge in [0.2, 0.25) is 0 Å². The molecule has 2 aliphatic rings. The highest BCUT2D eigenvalue weighted by Crippen LogP contribution is 2.49. The Labute approximate surface area is 137 Å². The SMILES string of the molecule is COc1ccc2c(c1)C1OCCCC1C(c1ccc(C)cc1)N2. The molecule has 1 saturated heterocycles. The summed E-state index contributed by atoms with van der Waals surface area (Å²) in [6.07, 6.45) is 2.47. The van der Waals surface area contributed by atoms with Gasteiger partial charge in [0.1, 0.15) is 5.75 Å². The molecule has 0 amide bonds. The quantitative estimate of drug-likeness (QED) is 0.876. The highest BCUT2D eigenvalue weighted by Gasteiger charge is 2.39. The molecule has 2 heterocycles. The van der Waals surface area contributed by atoms with E-state index in [1.165, 1.54) is 28.8 Å². The largest absolute Gasteiger partial charge is 0.497 e. The van der Waals surface area contributed by atoms with Gasteiger partial charge < -0.3 is 14.8 Å². The topological polar surface area (TPSA) is 30.5 Å². The van der Waals surface area contributed by atoms with Crippen LogP contribution in [-0.2, 0) is 4.74 Å². The molecule has 3 heteroatoms. The van der Waals surface area contributed by atoms with Crippen molar-refractivity contribution in [3.8, 4) is 5.75 Å². The molecule has 23 heavy (non-hydrogen) atoms. The second-order valence-electron chi connectivity index (χ2n) is 6.58. The van der Waals surface area contributed by atoms with Crippen molar-refractivity contribution in [3.05, 3.63) is 59.2 Å². The minimum atomic E-state index is 0.154. The fourth-order valence-electron chi connectivity index (χ4n) is 3.88. The number of hydrogen-bond acceptors (Lipinski definition) is 3. The van der Waals surface area contributed by atoms with E-state index in [2.05, 4.69) is 48.6 Å². The third-order valence-electron chi connectivity index (χ3n) is 5.11. The standard InChI is InChI=1S/C20H23NO2/c1-13-5-7-14(8-6-13)19-16-4-3-11-23-20(16)17-12-15(22-2)9-10-18(17)21-19/h5-10,12,16,19-21H,3-4,11H2,1-2H3. The second kappa shape index (κ2) is 5.89. The Morgan fingerprint density at radius 2 is 1.96 bits per heavy atom. The molecule has 0 aromatic heterocycles. The molecule has 2 aliphatic heterocycles. The lowest BCUT2D eigenvalue weighted by Gasteiger charge is -2.43. The van der Waals surface area contributed by atoms with Crippen LogP contribution in [0.4, 0.5) is 5.69 Å². The highest BCUT2D eigenvalue weighted by atomic mass is 16.5. The first kappa shape index (κ1) is 14.6. The molecule has 1 fully saturated rings. The monoisotopic (exact) mass is 309 g/mol. The summed E-state index contributed by atoms with van der Waals surface area (Å²) in [5.41, 5.74) is 5.04. The third-order valence-corrected chi connectivity index (χ3v) is 5.11. The zero-order chi connectivity index (χ0) is 15.8. The highest BCUT2D eigenvalue weighted by molar-refractivity contribution is 5.59. The zero-order valence-corrected chi connectivity index (χ0v) is 13.7. The number of methoxy groups -OCH3 is 1. The summed E-state index contributed by atoms with van der Waals surface area (Å²) in [6, 6.07) is 15.4. The van der Waals surface area contributed by atoms with E-state index in [4.69, 9.17) is 9.47 Å². The summed E-state index contributed by atoms with van der Waals surface area (Å²) in [7, 11) is 1.71. The van der Waals surface area contributed by atoms with Crippen molar-refractivity contribution in [1.29, 1.82) is 0 Å². The normalized spacial score (nSPS) is 25.9. The molecule has 3 nitrogen and oxygen atoms in total. The molecule has 1 N–H and O–H groups in total. The van der Waals surface area contributed by atoms with Gasteiger partial charge in [0.25, 0.3) is 0 Å². The van der Waals surface area contributed by atoms with Crippen LogP contribution in [0.15, 0.2) is 42.5 Å². The van der Waals surface area contributed by atoms with Crippen molar-refractivity contribution in [2.24, 2.45) is 5.92 Å². The van der Waals surface area contributed by atoms with Crippen LogP contribution < -0.4 is 10.1 Å². The van der Waals surface area contributed by atoms with Gasteiger partial charge in [0, 0.05) is 23.8 Å². The summed E-state index contributed by atoms with van der Waals surface area (Å²) in [5, 5.41) is 3.75. The number of anilines is 1. The van der Waals surface area contributed by atoms with Crippen molar-refractivity contribution in [1.82, 2.24) is 0 Å². The van der Waals surface area contributed by atoms with Crippen LogP contribution in [0.2, 0.25) is 0 Å². The number of benzene rings is 2. The van der Waals surface area contributed by atoms with E-state index >= 15 is 0 Å². The van der Waals surface area contributed by atoms with Gasteiger partial charge in [-0.3, -0.25) is 0 Å². The first-order chi connectivity index (χ1) is 11.3. The van der Waals surface area contributed by atoms with Crippen LogP contribution in [0, 0.1) is 12.8 Å². The average molecular weight is 309 g/mol. The molecule has 3 unspecified atom stereocenters. The lowest BCUT2D eigenvalue weighted by molar-refractivity contribution is -0.0382. The van der Waals surface area contributed by atoms with Crippen molar-refractivity contribution in [3.63, 3.8) is 0 Å². The fraction of sp³-hybridized carbons (Fsp3) is 0.400. The van der Waals surface area contributed by atoms with Crippen LogP contribution in [0.25, 0.3) is 0 Å². The Kier molecular flexibility index (Phi) is 3.74. The fourth-order valence-corrected chi connectivity index (χ4v) is 3.88. The van der Waals surface area contributed by atoms with E-state index in [0.29, 0.717) is 12.0 Å². The third kappa shape index (κ3) is 2.59. The van der Waals surface area contributed by atoms with E-state index in [1.54, 1.807) is 7.11 Å². The van der Waals surface area contributed by atoms with Gasteiger partial charge in [-0.1, -0.05) is 29.8 Å². The Balaban J connectivity index is 1.75. The number of aryl methyl sites for hydroxylation is 1. The van der Waals surface area contributed by atoms with E-state index in [9.17, 15) is 0 Å². The van der Waals surface area contributed by atoms with Crippen molar-refractivity contribution in [2.75, 3.05) is 19.0 Å². The van der Waals surface area contributed by atoms with Gasteiger partial charge in [-0.25, -0.2) is 0 Å². The predicted octanol–water partition coefficient (Wildman–Crippen LogP) is 4.64. The predicted molar refractivity (Wildman–Crippen MR) is 92.0 cm³/mol. The van der Waals surface area contributed by atoms with E-state index < -0.39 is 0 Å². The average Bonchev–Trinajstić information content (AvgIpc) is 2.61. The molecule has 0 bridgehead atoms. The molecule has 0 saturated carbocycles. The van der Waals surface area contributed by atoms with Gasteiger partial charge in [0.15, 0.2) is 0 Å². The maximum absolute atomic E-state index is 6.19. The number of fused-ring (bicyclic) bond motifs is 3. The molecule has 4 rings (SSSR count). The van der Waals surface area contributed by atoms with Crippen molar-refractivity contribution >= 4 is 5.69 Å². The minimum Gasteiger partial charge on any atom is -0.497 e. The Hall–Kier alpha value is -2.00. The lowest BCUT2D eigenvalue weighted by Crippen LogP contribution is -2.36. The maximum atomic E-state index is 6.19. The van der Waals surface area contributed by atoms with Crippen molar-refractivity contribution < 1.29 is 9.47 Å². The van der Waals surface area contributed by atoms with Gasteiger partial charge in [-0.15, -0.1) is 0 Å². The summed E-state index contributed by atoms with van der Waals surface area (Å²) in [6.45, 7) is 2.98. The zero-order valence-electron chi connectivity index (χ0n) is 13.7. The van der Waals surface area contributed by atoms with Gasteiger partial charge >= 0.3 is 0 Å². The molecule has 2 aromatic carbocycles. The molecule has 0 aliphatic carbocycles. The first-order valence-electron chi connectivity index (χ1n) is 8.39. The smallest absolute Gasteiger partial charge is 0.119 e. The Bertz CT molecular complexity index is 695. The molecule has 0 spiro atoms. The summed E-state index contributed by atoms with van der Waals surface area (Å²) in [5.74, 6) is 1.36. The molecule has 3 atom stereocenters. The van der Waals surface area contributed by atoms with Crippen LogP contribution in [-0.4, -0.2) is 13.7 Å². The van der Waals surface area contributed by atoms with Gasteiger partial charge in [-0.05, 0) is 43.5 Å². The minimum absolute atomic E-state index is 0.154. The van der Waals surface area contributed by atoms with E-state index in [1.807, 2.05) is 6.07 Å². The van der Waals surface area contributed by atoms with E-state index in [-0.39, 0.29) is 6.10 Å². The van der Waals surface area contributed by atoms with Crippen LogP contribution in [0.1, 0.15) is 41.7 Å².